The lowest BCUT2D eigenvalue weighted by molar-refractivity contribution is -0.145. The van der Waals surface area contributed by atoms with Crippen molar-refractivity contribution in [3.05, 3.63) is 37.0 Å². The lowest BCUT2D eigenvalue weighted by atomic mass is 10.1. The molecule has 1 saturated carbocycles. The van der Waals surface area contributed by atoms with E-state index >= 15 is 0 Å². The molecule has 1 aliphatic carbocycles. The molecule has 1 unspecified atom stereocenters. The highest BCUT2D eigenvalue weighted by molar-refractivity contribution is 5.72. The third-order valence-corrected chi connectivity index (χ3v) is 3.00. The van der Waals surface area contributed by atoms with E-state index in [4.69, 9.17) is 9.47 Å². The van der Waals surface area contributed by atoms with E-state index in [1.54, 1.807) is 12.2 Å². The molecular formula is C14H20O3. The van der Waals surface area contributed by atoms with Crippen molar-refractivity contribution in [2.24, 2.45) is 5.92 Å². The number of methoxy groups -OCH3 is 1. The molecule has 1 aliphatic rings. The predicted molar refractivity (Wildman–Crippen MR) is 67.6 cm³/mol. The number of carbonyl (C=O) groups excluding carboxylic acids is 1. The summed E-state index contributed by atoms with van der Waals surface area (Å²) in [6.07, 6.45) is 8.02. The van der Waals surface area contributed by atoms with Gasteiger partial charge in [-0.1, -0.05) is 31.4 Å². The van der Waals surface area contributed by atoms with Gasteiger partial charge in [0.25, 0.3) is 0 Å². The summed E-state index contributed by atoms with van der Waals surface area (Å²) in [4.78, 5) is 11.3. The van der Waals surface area contributed by atoms with Crippen LogP contribution in [0.15, 0.2) is 37.0 Å². The molecule has 3 heteroatoms. The van der Waals surface area contributed by atoms with Gasteiger partial charge in [-0.05, 0) is 24.8 Å². The van der Waals surface area contributed by atoms with Crippen LogP contribution in [0.4, 0.5) is 0 Å². The highest BCUT2D eigenvalue weighted by atomic mass is 16.5. The summed E-state index contributed by atoms with van der Waals surface area (Å²) < 4.78 is 10.5. The van der Waals surface area contributed by atoms with E-state index < -0.39 is 0 Å². The fraction of sp³-hybridized carbons (Fsp3) is 0.500. The van der Waals surface area contributed by atoms with Crippen LogP contribution in [0.1, 0.15) is 19.3 Å². The van der Waals surface area contributed by atoms with Crippen LogP contribution in [0.5, 0.6) is 0 Å². The van der Waals surface area contributed by atoms with Crippen LogP contribution in [0, 0.1) is 5.92 Å². The van der Waals surface area contributed by atoms with Crippen LogP contribution < -0.4 is 0 Å². The fourth-order valence-corrected chi connectivity index (χ4v) is 2.01. The van der Waals surface area contributed by atoms with Gasteiger partial charge in [-0.3, -0.25) is 4.79 Å². The SMILES string of the molecule is C=C/C=C(\C=C)COC1CC[C@@H](C(=O)OC)C1. The van der Waals surface area contributed by atoms with Crippen LogP contribution in [0.2, 0.25) is 0 Å². The van der Waals surface area contributed by atoms with E-state index in [9.17, 15) is 4.79 Å². The first-order valence-corrected chi connectivity index (χ1v) is 5.84. The van der Waals surface area contributed by atoms with Crippen molar-refractivity contribution in [3.63, 3.8) is 0 Å². The van der Waals surface area contributed by atoms with Crippen molar-refractivity contribution >= 4 is 5.97 Å². The van der Waals surface area contributed by atoms with E-state index in [1.165, 1.54) is 7.11 Å². The predicted octanol–water partition coefficient (Wildman–Crippen LogP) is 2.64. The van der Waals surface area contributed by atoms with E-state index in [-0.39, 0.29) is 18.0 Å². The van der Waals surface area contributed by atoms with Crippen LogP contribution in [0.25, 0.3) is 0 Å². The maximum atomic E-state index is 11.3. The quantitative estimate of drug-likeness (QED) is 0.525. The Balaban J connectivity index is 2.35. The first-order chi connectivity index (χ1) is 8.21. The van der Waals surface area contributed by atoms with Gasteiger partial charge in [-0.2, -0.15) is 0 Å². The molecule has 0 aromatic heterocycles. The molecule has 1 rings (SSSR count). The minimum atomic E-state index is -0.123. The van der Waals surface area contributed by atoms with E-state index in [1.807, 2.05) is 6.08 Å². The molecule has 0 heterocycles. The van der Waals surface area contributed by atoms with Gasteiger partial charge >= 0.3 is 5.97 Å². The molecule has 0 amide bonds. The van der Waals surface area contributed by atoms with Crippen LogP contribution >= 0.6 is 0 Å². The van der Waals surface area contributed by atoms with Gasteiger partial charge in [-0.25, -0.2) is 0 Å². The van der Waals surface area contributed by atoms with Crippen LogP contribution in [-0.2, 0) is 14.3 Å². The maximum absolute atomic E-state index is 11.3. The molecule has 0 spiro atoms. The summed E-state index contributed by atoms with van der Waals surface area (Å²) in [5.74, 6) is -0.123. The van der Waals surface area contributed by atoms with Crippen molar-refractivity contribution in [1.82, 2.24) is 0 Å². The average molecular weight is 236 g/mol. The van der Waals surface area contributed by atoms with E-state index in [0.29, 0.717) is 6.61 Å². The zero-order valence-electron chi connectivity index (χ0n) is 10.4. The van der Waals surface area contributed by atoms with Crippen molar-refractivity contribution in [2.45, 2.75) is 25.4 Å². The van der Waals surface area contributed by atoms with Crippen LogP contribution in [0.3, 0.4) is 0 Å². The second kappa shape index (κ2) is 7.07. The second-order valence-electron chi connectivity index (χ2n) is 4.15. The first-order valence-electron chi connectivity index (χ1n) is 5.84. The first kappa shape index (κ1) is 13.7. The molecule has 3 nitrogen and oxygen atoms in total. The summed E-state index contributed by atoms with van der Waals surface area (Å²) >= 11 is 0. The molecular weight excluding hydrogens is 216 g/mol. The largest absolute Gasteiger partial charge is 0.469 e. The summed E-state index contributed by atoms with van der Waals surface area (Å²) in [6, 6.07) is 0. The Morgan fingerprint density at radius 2 is 2.18 bits per heavy atom. The number of ether oxygens (including phenoxy) is 2. The Kier molecular flexibility index (Phi) is 5.70. The van der Waals surface area contributed by atoms with E-state index in [2.05, 4.69) is 13.2 Å². The Labute approximate surface area is 103 Å². The Hall–Kier alpha value is -1.35. The van der Waals surface area contributed by atoms with E-state index in [0.717, 1.165) is 24.8 Å². The fourth-order valence-electron chi connectivity index (χ4n) is 2.01. The molecule has 2 atom stereocenters. The molecule has 0 N–H and O–H groups in total. The van der Waals surface area contributed by atoms with Gasteiger partial charge in [0, 0.05) is 0 Å². The minimum absolute atomic E-state index is 0.000523. The summed E-state index contributed by atoms with van der Waals surface area (Å²) in [5.41, 5.74) is 1.00. The maximum Gasteiger partial charge on any atom is 0.308 e. The summed E-state index contributed by atoms with van der Waals surface area (Å²) in [7, 11) is 1.43. The highest BCUT2D eigenvalue weighted by Gasteiger charge is 2.30. The molecule has 0 bridgehead atoms. The lowest BCUT2D eigenvalue weighted by Crippen LogP contribution is -2.16. The van der Waals surface area contributed by atoms with Crippen molar-refractivity contribution in [3.8, 4) is 0 Å². The Morgan fingerprint density at radius 1 is 1.41 bits per heavy atom. The lowest BCUT2D eigenvalue weighted by Gasteiger charge is -2.12. The van der Waals surface area contributed by atoms with Crippen molar-refractivity contribution < 1.29 is 14.3 Å². The normalized spacial score (nSPS) is 24.4. The van der Waals surface area contributed by atoms with Gasteiger partial charge < -0.3 is 9.47 Å². The number of esters is 1. The topological polar surface area (TPSA) is 35.5 Å². The standard InChI is InChI=1S/C14H20O3/c1-4-6-11(5-2)10-17-13-8-7-12(9-13)14(15)16-3/h4-6,12-13H,1-2,7-10H2,3H3/b11-6+/t12-,13?/m1/s1. The highest BCUT2D eigenvalue weighted by Crippen LogP contribution is 2.29. The van der Waals surface area contributed by atoms with Gasteiger partial charge in [0.2, 0.25) is 0 Å². The monoisotopic (exact) mass is 236 g/mol. The third-order valence-electron chi connectivity index (χ3n) is 3.00. The zero-order chi connectivity index (χ0) is 12.7. The van der Waals surface area contributed by atoms with Gasteiger partial charge in [-0.15, -0.1) is 0 Å². The summed E-state index contributed by atoms with van der Waals surface area (Å²) in [6.45, 7) is 7.87. The molecule has 1 fully saturated rings. The number of hydrogen-bond acceptors (Lipinski definition) is 3. The molecule has 0 radical (unpaired) electrons. The van der Waals surface area contributed by atoms with Crippen molar-refractivity contribution in [2.75, 3.05) is 13.7 Å². The van der Waals surface area contributed by atoms with Gasteiger partial charge in [0.15, 0.2) is 0 Å². The molecule has 94 valence electrons. The van der Waals surface area contributed by atoms with Crippen LogP contribution in [-0.4, -0.2) is 25.8 Å². The Morgan fingerprint density at radius 3 is 2.76 bits per heavy atom. The van der Waals surface area contributed by atoms with Gasteiger partial charge in [0.05, 0.1) is 25.7 Å². The third kappa shape index (κ3) is 4.19. The zero-order valence-corrected chi connectivity index (χ0v) is 10.4. The molecule has 0 aliphatic heterocycles. The Bertz CT molecular complexity index is 317. The minimum Gasteiger partial charge on any atom is -0.469 e. The van der Waals surface area contributed by atoms with Gasteiger partial charge in [0.1, 0.15) is 0 Å². The van der Waals surface area contributed by atoms with Crippen molar-refractivity contribution in [1.29, 1.82) is 0 Å². The smallest absolute Gasteiger partial charge is 0.308 e. The molecule has 0 aromatic carbocycles. The number of carbonyl (C=O) groups is 1. The molecule has 0 saturated heterocycles. The second-order valence-corrected chi connectivity index (χ2v) is 4.15. The number of hydrogen-bond donors (Lipinski definition) is 0. The number of allylic oxidation sites excluding steroid dienone is 2. The number of rotatable bonds is 6. The summed E-state index contributed by atoms with van der Waals surface area (Å²) in [5, 5.41) is 0. The molecule has 17 heavy (non-hydrogen) atoms. The molecule has 0 aromatic rings. The average Bonchev–Trinajstić information content (AvgIpc) is 2.82.